The number of benzene rings is 2. The van der Waals surface area contributed by atoms with Crippen molar-refractivity contribution in [2.45, 2.75) is 52.5 Å². The van der Waals surface area contributed by atoms with Crippen LogP contribution in [0.2, 0.25) is 0 Å². The first-order chi connectivity index (χ1) is 11.6. The summed E-state index contributed by atoms with van der Waals surface area (Å²) < 4.78 is 5.86. The third-order valence-electron chi connectivity index (χ3n) is 3.98. The van der Waals surface area contributed by atoms with Crippen molar-refractivity contribution in [2.24, 2.45) is 10.8 Å². The van der Waals surface area contributed by atoms with Gasteiger partial charge in [-0.1, -0.05) is 65.0 Å². The van der Waals surface area contributed by atoms with Crippen LogP contribution in [0.25, 0.3) is 0 Å². The summed E-state index contributed by atoms with van der Waals surface area (Å²) in [5.41, 5.74) is 2.76. The van der Waals surface area contributed by atoms with Gasteiger partial charge in [-0.3, -0.25) is 0 Å². The molecule has 0 aromatic heterocycles. The van der Waals surface area contributed by atoms with Crippen LogP contribution in [-0.2, 0) is 6.61 Å². The minimum absolute atomic E-state index is 0.223. The van der Waals surface area contributed by atoms with E-state index < -0.39 is 0 Å². The van der Waals surface area contributed by atoms with E-state index in [2.05, 4.69) is 70.8 Å². The molecule has 0 radical (unpaired) electrons. The lowest BCUT2D eigenvalue weighted by Gasteiger charge is -2.33. The van der Waals surface area contributed by atoms with Crippen molar-refractivity contribution < 1.29 is 4.74 Å². The molecule has 0 saturated carbocycles. The number of thiol groups is 1. The second-order valence-corrected chi connectivity index (χ2v) is 9.19. The van der Waals surface area contributed by atoms with Crippen LogP contribution in [0.3, 0.4) is 0 Å². The van der Waals surface area contributed by atoms with Gasteiger partial charge in [0.15, 0.2) is 0 Å². The van der Waals surface area contributed by atoms with Crippen molar-refractivity contribution in [3.05, 3.63) is 54.1 Å². The molecule has 0 heterocycles. The standard InChI is InChI=1S/C22H31NOS/c1-21(2,3)15-22(4,5)16-23-19-12-11-18(13-20(19)25)24-14-17-9-7-6-8-10-17/h6-13,23,25H,14-16H2,1-5H3. The fourth-order valence-corrected chi connectivity index (χ4v) is 3.61. The zero-order chi connectivity index (χ0) is 18.5. The quantitative estimate of drug-likeness (QED) is 0.557. The SMILES string of the molecule is CC(C)(C)CC(C)(C)CNc1ccc(OCc2ccccc2)cc1S. The van der Waals surface area contributed by atoms with E-state index in [1.807, 2.05) is 30.3 Å². The second-order valence-electron chi connectivity index (χ2n) is 8.71. The van der Waals surface area contributed by atoms with E-state index in [9.17, 15) is 0 Å². The third kappa shape index (κ3) is 7.03. The molecule has 1 N–H and O–H groups in total. The molecule has 2 aromatic rings. The van der Waals surface area contributed by atoms with Crippen molar-refractivity contribution in [1.82, 2.24) is 0 Å². The average Bonchev–Trinajstić information content (AvgIpc) is 2.51. The van der Waals surface area contributed by atoms with E-state index in [1.165, 1.54) is 0 Å². The Morgan fingerprint density at radius 1 is 0.960 bits per heavy atom. The molecule has 0 unspecified atom stereocenters. The van der Waals surface area contributed by atoms with E-state index >= 15 is 0 Å². The molecule has 3 heteroatoms. The molecule has 0 spiro atoms. The maximum absolute atomic E-state index is 5.86. The number of hydrogen-bond donors (Lipinski definition) is 2. The van der Waals surface area contributed by atoms with Crippen LogP contribution in [-0.4, -0.2) is 6.54 Å². The number of rotatable bonds is 7. The molecule has 0 aliphatic carbocycles. The van der Waals surface area contributed by atoms with E-state index in [1.54, 1.807) is 0 Å². The molecule has 0 aliphatic rings. The summed E-state index contributed by atoms with van der Waals surface area (Å²) >= 11 is 4.62. The Morgan fingerprint density at radius 2 is 1.64 bits per heavy atom. The minimum Gasteiger partial charge on any atom is -0.489 e. The van der Waals surface area contributed by atoms with Gasteiger partial charge < -0.3 is 10.1 Å². The smallest absolute Gasteiger partial charge is 0.121 e. The summed E-state index contributed by atoms with van der Waals surface area (Å²) in [7, 11) is 0. The molecule has 0 bridgehead atoms. The molecular formula is C22H31NOS. The molecular weight excluding hydrogens is 326 g/mol. The van der Waals surface area contributed by atoms with Crippen LogP contribution >= 0.6 is 12.6 Å². The lowest BCUT2D eigenvalue weighted by molar-refractivity contribution is 0.225. The van der Waals surface area contributed by atoms with E-state index in [-0.39, 0.29) is 5.41 Å². The highest BCUT2D eigenvalue weighted by molar-refractivity contribution is 7.80. The third-order valence-corrected chi connectivity index (χ3v) is 4.35. The van der Waals surface area contributed by atoms with Gasteiger partial charge in [-0.25, -0.2) is 0 Å². The van der Waals surface area contributed by atoms with E-state index in [0.717, 1.165) is 34.9 Å². The number of anilines is 1. The highest BCUT2D eigenvalue weighted by Crippen LogP contribution is 2.34. The Morgan fingerprint density at radius 3 is 2.24 bits per heavy atom. The summed E-state index contributed by atoms with van der Waals surface area (Å²) in [4.78, 5) is 0.914. The molecule has 25 heavy (non-hydrogen) atoms. The first kappa shape index (κ1) is 19.7. The van der Waals surface area contributed by atoms with Crippen molar-refractivity contribution in [1.29, 1.82) is 0 Å². The van der Waals surface area contributed by atoms with E-state index in [4.69, 9.17) is 4.74 Å². The van der Waals surface area contributed by atoms with Gasteiger partial charge in [0.2, 0.25) is 0 Å². The van der Waals surface area contributed by atoms with Gasteiger partial charge in [0.1, 0.15) is 12.4 Å². The summed E-state index contributed by atoms with van der Waals surface area (Å²) in [6.07, 6.45) is 1.16. The lowest BCUT2D eigenvalue weighted by Crippen LogP contribution is -2.28. The van der Waals surface area contributed by atoms with Gasteiger partial charge >= 0.3 is 0 Å². The van der Waals surface area contributed by atoms with Gasteiger partial charge in [0, 0.05) is 17.1 Å². The van der Waals surface area contributed by atoms with Crippen LogP contribution < -0.4 is 10.1 Å². The predicted molar refractivity (Wildman–Crippen MR) is 111 cm³/mol. The summed E-state index contributed by atoms with van der Waals surface area (Å²) in [6, 6.07) is 16.2. The predicted octanol–water partition coefficient (Wildman–Crippen LogP) is 6.43. The van der Waals surface area contributed by atoms with Crippen LogP contribution in [0, 0.1) is 10.8 Å². The maximum Gasteiger partial charge on any atom is 0.121 e. The fourth-order valence-electron chi connectivity index (χ4n) is 3.32. The highest BCUT2D eigenvalue weighted by atomic mass is 32.1. The fraction of sp³-hybridized carbons (Fsp3) is 0.455. The molecule has 2 aromatic carbocycles. The van der Waals surface area contributed by atoms with Crippen LogP contribution in [0.4, 0.5) is 5.69 Å². The molecule has 0 atom stereocenters. The Balaban J connectivity index is 1.93. The molecule has 0 saturated heterocycles. The molecule has 2 rings (SSSR count). The van der Waals surface area contributed by atoms with Crippen LogP contribution in [0.15, 0.2) is 53.4 Å². The number of ether oxygens (including phenoxy) is 1. The Bertz CT molecular complexity index is 674. The van der Waals surface area contributed by atoms with Crippen LogP contribution in [0.1, 0.15) is 46.6 Å². The monoisotopic (exact) mass is 357 g/mol. The van der Waals surface area contributed by atoms with Gasteiger partial charge in [-0.2, -0.15) is 0 Å². The Hall–Kier alpha value is -1.61. The number of hydrogen-bond acceptors (Lipinski definition) is 3. The summed E-state index contributed by atoms with van der Waals surface area (Å²) in [5.74, 6) is 0.841. The topological polar surface area (TPSA) is 21.3 Å². The van der Waals surface area contributed by atoms with Crippen molar-refractivity contribution >= 4 is 18.3 Å². The second kappa shape index (κ2) is 8.18. The molecule has 2 nitrogen and oxygen atoms in total. The van der Waals surface area contributed by atoms with Gasteiger partial charge in [-0.15, -0.1) is 12.6 Å². The normalized spacial score (nSPS) is 12.1. The molecule has 136 valence electrons. The summed E-state index contributed by atoms with van der Waals surface area (Å²) in [5, 5.41) is 3.54. The van der Waals surface area contributed by atoms with Crippen molar-refractivity contribution in [3.63, 3.8) is 0 Å². The highest BCUT2D eigenvalue weighted by Gasteiger charge is 2.25. The van der Waals surface area contributed by atoms with Gasteiger partial charge in [0.05, 0.1) is 0 Å². The van der Waals surface area contributed by atoms with Crippen molar-refractivity contribution in [3.8, 4) is 5.75 Å². The zero-order valence-corrected chi connectivity index (χ0v) is 17.0. The Kier molecular flexibility index (Phi) is 6.45. The Labute approximate surface area is 158 Å². The number of nitrogens with one attached hydrogen (secondary N) is 1. The molecule has 0 fully saturated rings. The van der Waals surface area contributed by atoms with Gasteiger partial charge in [-0.05, 0) is 41.0 Å². The minimum atomic E-state index is 0.223. The molecule has 0 aliphatic heterocycles. The molecule has 0 amide bonds. The van der Waals surface area contributed by atoms with Crippen molar-refractivity contribution in [2.75, 3.05) is 11.9 Å². The average molecular weight is 358 g/mol. The summed E-state index contributed by atoms with van der Waals surface area (Å²) in [6.45, 7) is 13.0. The first-order valence-electron chi connectivity index (χ1n) is 8.88. The largest absolute Gasteiger partial charge is 0.489 e. The van der Waals surface area contributed by atoms with E-state index in [0.29, 0.717) is 12.0 Å². The first-order valence-corrected chi connectivity index (χ1v) is 9.33. The van der Waals surface area contributed by atoms with Crippen LogP contribution in [0.5, 0.6) is 5.75 Å². The maximum atomic E-state index is 5.86. The zero-order valence-electron chi connectivity index (χ0n) is 16.1. The van der Waals surface area contributed by atoms with Gasteiger partial charge in [0.25, 0.3) is 0 Å². The lowest BCUT2D eigenvalue weighted by atomic mass is 9.76.